The van der Waals surface area contributed by atoms with E-state index in [-0.39, 0.29) is 18.4 Å². The van der Waals surface area contributed by atoms with Crippen molar-refractivity contribution in [2.75, 3.05) is 33.8 Å². The van der Waals surface area contributed by atoms with Gasteiger partial charge in [0.1, 0.15) is 0 Å². The summed E-state index contributed by atoms with van der Waals surface area (Å²) in [6.07, 6.45) is 2.24. The third-order valence-corrected chi connectivity index (χ3v) is 8.45. The van der Waals surface area contributed by atoms with Crippen LogP contribution in [-0.2, 0) is 23.3 Å². The van der Waals surface area contributed by atoms with Gasteiger partial charge in [0.05, 0.1) is 12.2 Å². The van der Waals surface area contributed by atoms with E-state index in [1.165, 1.54) is 5.56 Å². The van der Waals surface area contributed by atoms with Crippen molar-refractivity contribution in [3.8, 4) is 11.1 Å². The number of aryl methyl sites for hydroxylation is 1. The molecular formula is C34H42ClN3O4. The number of nitrogens with two attached hydrogens (primary N) is 1. The molecule has 4 rings (SSSR count). The van der Waals surface area contributed by atoms with Gasteiger partial charge in [0.2, 0.25) is 0 Å². The molecule has 2 amide bonds. The molecule has 0 saturated carbocycles. The minimum absolute atomic E-state index is 0.0440. The molecule has 2 atom stereocenters. The van der Waals surface area contributed by atoms with Gasteiger partial charge in [-0.3, -0.25) is 4.79 Å². The monoisotopic (exact) mass is 591 g/mol. The highest BCUT2D eigenvalue weighted by atomic mass is 35.5. The number of amides is 2. The van der Waals surface area contributed by atoms with E-state index in [0.29, 0.717) is 36.5 Å². The predicted octanol–water partition coefficient (Wildman–Crippen LogP) is 6.25. The Bertz CT molecular complexity index is 1380. The maximum atomic E-state index is 13.6. The largest absolute Gasteiger partial charge is 0.450 e. The Morgan fingerprint density at radius 3 is 2.52 bits per heavy atom. The molecule has 224 valence electrons. The molecule has 1 saturated heterocycles. The summed E-state index contributed by atoms with van der Waals surface area (Å²) in [7, 11) is 4.03. The number of rotatable bonds is 11. The van der Waals surface area contributed by atoms with Gasteiger partial charge in [-0.25, -0.2) is 4.79 Å². The first-order valence-electron chi connectivity index (χ1n) is 14.7. The second kappa shape index (κ2) is 14.2. The molecule has 1 aliphatic heterocycles. The van der Waals surface area contributed by atoms with Crippen LogP contribution in [0.4, 0.5) is 4.79 Å². The summed E-state index contributed by atoms with van der Waals surface area (Å²) in [6.45, 7) is 4.01. The average molecular weight is 592 g/mol. The number of primary amides is 1. The lowest BCUT2D eigenvalue weighted by molar-refractivity contribution is -0.0588. The fourth-order valence-corrected chi connectivity index (χ4v) is 6.33. The van der Waals surface area contributed by atoms with Gasteiger partial charge in [-0.05, 0) is 86.7 Å². The van der Waals surface area contributed by atoms with Gasteiger partial charge in [0.15, 0.2) is 0 Å². The fraction of sp³-hybridized carbons (Fsp3) is 0.412. The highest BCUT2D eigenvalue weighted by Crippen LogP contribution is 2.45. The van der Waals surface area contributed by atoms with E-state index >= 15 is 0 Å². The summed E-state index contributed by atoms with van der Waals surface area (Å²) in [5, 5.41) is 13.2. The molecule has 1 heterocycles. The van der Waals surface area contributed by atoms with E-state index in [1.807, 2.05) is 73.6 Å². The van der Waals surface area contributed by atoms with Crippen LogP contribution in [0, 0.1) is 5.92 Å². The first-order chi connectivity index (χ1) is 20.1. The molecule has 42 heavy (non-hydrogen) atoms. The van der Waals surface area contributed by atoms with Crippen molar-refractivity contribution in [3.05, 3.63) is 94.0 Å². The van der Waals surface area contributed by atoms with Gasteiger partial charge >= 0.3 is 6.09 Å². The minimum Gasteiger partial charge on any atom is -0.450 e. The van der Waals surface area contributed by atoms with Crippen LogP contribution in [0.1, 0.15) is 59.7 Å². The summed E-state index contributed by atoms with van der Waals surface area (Å²) < 4.78 is 5.01. The van der Waals surface area contributed by atoms with E-state index in [1.54, 1.807) is 0 Å². The average Bonchev–Trinajstić information content (AvgIpc) is 2.99. The Morgan fingerprint density at radius 1 is 1.10 bits per heavy atom. The molecule has 0 spiro atoms. The predicted molar refractivity (Wildman–Crippen MR) is 167 cm³/mol. The number of halogens is 1. The third-order valence-electron chi connectivity index (χ3n) is 8.13. The number of ether oxygens (including phenoxy) is 1. The molecule has 3 aromatic rings. The number of likely N-dealkylation sites (tertiary alicyclic amines) is 1. The highest BCUT2D eigenvalue weighted by Gasteiger charge is 2.43. The van der Waals surface area contributed by atoms with Crippen LogP contribution < -0.4 is 5.73 Å². The lowest BCUT2D eigenvalue weighted by Gasteiger charge is -2.43. The zero-order chi connectivity index (χ0) is 30.3. The van der Waals surface area contributed by atoms with Crippen LogP contribution >= 0.6 is 11.6 Å². The first-order valence-corrected chi connectivity index (χ1v) is 15.1. The van der Waals surface area contributed by atoms with E-state index in [0.717, 1.165) is 48.1 Å². The zero-order valence-corrected chi connectivity index (χ0v) is 25.6. The van der Waals surface area contributed by atoms with Crippen molar-refractivity contribution < 1.29 is 19.4 Å². The molecule has 2 unspecified atom stereocenters. The second-order valence-corrected chi connectivity index (χ2v) is 11.8. The normalized spacial score (nSPS) is 16.7. The Kier molecular flexibility index (Phi) is 10.7. The number of carbonyl (C=O) groups is 2. The molecule has 1 aliphatic rings. The number of hydrogen-bond donors (Lipinski definition) is 2. The van der Waals surface area contributed by atoms with Gasteiger partial charge in [-0.1, -0.05) is 67.1 Å². The smallest absolute Gasteiger partial charge is 0.404 e. The summed E-state index contributed by atoms with van der Waals surface area (Å²) in [6, 6.07) is 21.6. The van der Waals surface area contributed by atoms with E-state index in [2.05, 4.69) is 24.0 Å². The number of nitrogens with zero attached hydrogens (tertiary/aromatic N) is 2. The number of piperidine rings is 1. The van der Waals surface area contributed by atoms with Crippen LogP contribution in [0.2, 0.25) is 5.02 Å². The minimum atomic E-state index is -1.34. The maximum absolute atomic E-state index is 13.6. The molecule has 0 aliphatic carbocycles. The van der Waals surface area contributed by atoms with Gasteiger partial charge in [-0.15, -0.1) is 0 Å². The molecule has 0 aromatic heterocycles. The van der Waals surface area contributed by atoms with Crippen molar-refractivity contribution in [2.24, 2.45) is 11.7 Å². The SMILES string of the molecule is CCc1cccc(-c2c(Cl)cccc2C(O)(CCCOC(N)=O)C2CCCN(C(=O)c3ccc(CN(C)C)cc3)C2)c1. The molecule has 0 radical (unpaired) electrons. The third kappa shape index (κ3) is 7.51. The van der Waals surface area contributed by atoms with E-state index in [4.69, 9.17) is 22.1 Å². The van der Waals surface area contributed by atoms with Crippen LogP contribution in [0.25, 0.3) is 11.1 Å². The molecule has 0 bridgehead atoms. The molecule has 1 fully saturated rings. The molecule has 8 heteroatoms. The lowest BCUT2D eigenvalue weighted by Crippen LogP contribution is -2.48. The van der Waals surface area contributed by atoms with Crippen molar-refractivity contribution in [1.29, 1.82) is 0 Å². The van der Waals surface area contributed by atoms with Gasteiger partial charge in [0, 0.05) is 41.7 Å². The van der Waals surface area contributed by atoms with Crippen LogP contribution in [0.15, 0.2) is 66.7 Å². The van der Waals surface area contributed by atoms with E-state index in [9.17, 15) is 14.7 Å². The highest BCUT2D eigenvalue weighted by molar-refractivity contribution is 6.33. The maximum Gasteiger partial charge on any atom is 0.404 e. The topological polar surface area (TPSA) is 96.1 Å². The van der Waals surface area contributed by atoms with Gasteiger partial charge < -0.3 is 25.4 Å². The Morgan fingerprint density at radius 2 is 1.83 bits per heavy atom. The number of benzene rings is 3. The Labute approximate surface area is 254 Å². The van der Waals surface area contributed by atoms with Gasteiger partial charge in [-0.2, -0.15) is 0 Å². The Balaban J connectivity index is 1.68. The lowest BCUT2D eigenvalue weighted by atomic mass is 9.72. The molecular weight excluding hydrogens is 550 g/mol. The molecule has 7 nitrogen and oxygen atoms in total. The summed E-state index contributed by atoms with van der Waals surface area (Å²) in [5.41, 5.74) is 9.24. The standard InChI is InChI=1S/C34H42ClN3O4/c1-4-24-9-5-10-27(21-24)31-29(12-6-13-30(31)35)34(41,18-8-20-42-33(36)40)28-11-7-19-38(23-28)32(39)26-16-14-25(15-17-26)22-37(2)3/h5-6,9-10,12-17,21,28,41H,4,7-8,11,18-20,22-23H2,1-3H3,(H2,36,40). The Hall–Kier alpha value is -3.39. The number of carbonyl (C=O) groups excluding carboxylic acids is 2. The summed E-state index contributed by atoms with van der Waals surface area (Å²) in [5.74, 6) is -0.305. The molecule has 3 aromatic carbocycles. The van der Waals surface area contributed by atoms with Crippen LogP contribution in [0.5, 0.6) is 0 Å². The van der Waals surface area contributed by atoms with Crippen molar-refractivity contribution >= 4 is 23.6 Å². The summed E-state index contributed by atoms with van der Waals surface area (Å²) >= 11 is 6.85. The van der Waals surface area contributed by atoms with Crippen molar-refractivity contribution in [1.82, 2.24) is 9.80 Å². The van der Waals surface area contributed by atoms with Gasteiger partial charge in [0.25, 0.3) is 5.91 Å². The second-order valence-electron chi connectivity index (χ2n) is 11.4. The first kappa shape index (κ1) is 31.5. The van der Waals surface area contributed by atoms with Crippen LogP contribution in [0.3, 0.4) is 0 Å². The fourth-order valence-electron chi connectivity index (χ4n) is 6.05. The van der Waals surface area contributed by atoms with E-state index < -0.39 is 11.7 Å². The number of aliphatic hydroxyl groups is 1. The zero-order valence-electron chi connectivity index (χ0n) is 24.8. The summed E-state index contributed by atoms with van der Waals surface area (Å²) in [4.78, 5) is 28.8. The molecule has 3 N–H and O–H groups in total. The van der Waals surface area contributed by atoms with Crippen LogP contribution in [-0.4, -0.2) is 60.7 Å². The van der Waals surface area contributed by atoms with Crippen molar-refractivity contribution in [3.63, 3.8) is 0 Å². The van der Waals surface area contributed by atoms with Crippen molar-refractivity contribution in [2.45, 2.75) is 51.2 Å². The quantitative estimate of drug-likeness (QED) is 0.257. The number of hydrogen-bond acceptors (Lipinski definition) is 5.